The lowest BCUT2D eigenvalue weighted by Crippen LogP contribution is -2.23. The molecule has 0 saturated heterocycles. The Balaban J connectivity index is 2.60. The van der Waals surface area contributed by atoms with Crippen molar-refractivity contribution in [3.05, 3.63) is 23.3 Å². The van der Waals surface area contributed by atoms with E-state index < -0.39 is 0 Å². The van der Waals surface area contributed by atoms with E-state index in [9.17, 15) is 0 Å². The van der Waals surface area contributed by atoms with Crippen LogP contribution in [0.25, 0.3) is 0 Å². The summed E-state index contributed by atoms with van der Waals surface area (Å²) in [5, 5.41) is 0. The quantitative estimate of drug-likeness (QED) is 0.683. The molecule has 0 aliphatic heterocycles. The van der Waals surface area contributed by atoms with Crippen LogP contribution in [0.3, 0.4) is 0 Å². The molecule has 1 atom stereocenters. The van der Waals surface area contributed by atoms with Crippen LogP contribution in [-0.2, 0) is 0 Å². The molecule has 1 aliphatic rings. The summed E-state index contributed by atoms with van der Waals surface area (Å²) in [4.78, 5) is 0. The predicted octanol–water partition coefficient (Wildman–Crippen LogP) is 2.78. The largest absolute Gasteiger partial charge is 0.324 e. The van der Waals surface area contributed by atoms with Gasteiger partial charge in [-0.1, -0.05) is 31.1 Å². The van der Waals surface area contributed by atoms with Crippen molar-refractivity contribution in [2.45, 2.75) is 45.6 Å². The van der Waals surface area contributed by atoms with Crippen molar-refractivity contribution in [2.24, 2.45) is 5.73 Å². The second-order valence-corrected chi connectivity index (χ2v) is 3.52. The summed E-state index contributed by atoms with van der Waals surface area (Å²) in [6, 6.07) is 0.270. The van der Waals surface area contributed by atoms with Crippen LogP contribution >= 0.6 is 0 Å². The maximum atomic E-state index is 6.04. The van der Waals surface area contributed by atoms with Gasteiger partial charge in [0.05, 0.1) is 0 Å². The number of hydrogen-bond acceptors (Lipinski definition) is 1. The minimum Gasteiger partial charge on any atom is -0.324 e. The van der Waals surface area contributed by atoms with Gasteiger partial charge in [0, 0.05) is 6.04 Å². The first-order valence-corrected chi connectivity index (χ1v) is 4.88. The Morgan fingerprint density at radius 1 is 1.42 bits per heavy atom. The molecule has 0 spiro atoms. The first-order chi connectivity index (χ1) is 5.75. The fourth-order valence-corrected chi connectivity index (χ4v) is 1.73. The van der Waals surface area contributed by atoms with Gasteiger partial charge in [-0.25, -0.2) is 0 Å². The van der Waals surface area contributed by atoms with Crippen LogP contribution in [-0.4, -0.2) is 6.04 Å². The molecule has 1 heteroatoms. The average Bonchev–Trinajstić information content (AvgIpc) is 2.05. The maximum absolute atomic E-state index is 6.04. The third kappa shape index (κ3) is 2.21. The van der Waals surface area contributed by atoms with E-state index in [1.807, 2.05) is 0 Å². The molecule has 0 fully saturated rings. The molecule has 0 bridgehead atoms. The van der Waals surface area contributed by atoms with Gasteiger partial charge in [0.2, 0.25) is 0 Å². The summed E-state index contributed by atoms with van der Waals surface area (Å²) in [7, 11) is 0. The van der Waals surface area contributed by atoms with Crippen molar-refractivity contribution in [3.63, 3.8) is 0 Å². The third-order valence-electron chi connectivity index (χ3n) is 2.44. The normalized spacial score (nSPS) is 19.9. The van der Waals surface area contributed by atoms with Crippen LogP contribution in [0.2, 0.25) is 0 Å². The third-order valence-corrected chi connectivity index (χ3v) is 2.44. The Morgan fingerprint density at radius 2 is 2.08 bits per heavy atom. The van der Waals surface area contributed by atoms with E-state index in [0.29, 0.717) is 0 Å². The molecular formula is C11H19N. The van der Waals surface area contributed by atoms with Gasteiger partial charge < -0.3 is 5.73 Å². The van der Waals surface area contributed by atoms with Gasteiger partial charge in [0.1, 0.15) is 0 Å². The van der Waals surface area contributed by atoms with Gasteiger partial charge in [-0.05, 0) is 31.8 Å². The number of rotatable bonds is 3. The maximum Gasteiger partial charge on any atom is 0.0294 e. The second kappa shape index (κ2) is 4.46. The lowest BCUT2D eigenvalue weighted by Gasteiger charge is -2.19. The van der Waals surface area contributed by atoms with Crippen LogP contribution < -0.4 is 5.73 Å². The average molecular weight is 165 g/mol. The molecule has 0 saturated carbocycles. The number of hydrogen-bond donors (Lipinski definition) is 1. The first kappa shape index (κ1) is 9.53. The number of nitrogens with two attached hydrogens (primary N) is 1. The fraction of sp³-hybridized carbons (Fsp3) is 0.636. The van der Waals surface area contributed by atoms with E-state index in [1.54, 1.807) is 0 Å². The SMILES string of the molecule is CCC[C@H](N)C1=CCCC=C1C. The fourth-order valence-electron chi connectivity index (χ4n) is 1.73. The zero-order chi connectivity index (χ0) is 8.97. The van der Waals surface area contributed by atoms with Crippen LogP contribution in [0.15, 0.2) is 23.3 Å². The molecule has 0 aromatic carbocycles. The van der Waals surface area contributed by atoms with Crippen LogP contribution in [0.5, 0.6) is 0 Å². The summed E-state index contributed by atoms with van der Waals surface area (Å²) >= 11 is 0. The van der Waals surface area contributed by atoms with E-state index in [-0.39, 0.29) is 6.04 Å². The van der Waals surface area contributed by atoms with Gasteiger partial charge in [0.25, 0.3) is 0 Å². The van der Waals surface area contributed by atoms with E-state index in [2.05, 4.69) is 26.0 Å². The molecular weight excluding hydrogens is 146 g/mol. The minimum absolute atomic E-state index is 0.270. The molecule has 0 amide bonds. The van der Waals surface area contributed by atoms with Crippen molar-refractivity contribution in [1.82, 2.24) is 0 Å². The van der Waals surface area contributed by atoms with Gasteiger partial charge in [-0.3, -0.25) is 0 Å². The Kier molecular flexibility index (Phi) is 3.54. The van der Waals surface area contributed by atoms with Crippen LogP contribution in [0.1, 0.15) is 39.5 Å². The van der Waals surface area contributed by atoms with E-state index in [1.165, 1.54) is 30.4 Å². The minimum atomic E-state index is 0.270. The summed E-state index contributed by atoms with van der Waals surface area (Å²) in [6.45, 7) is 4.35. The Bertz CT molecular complexity index is 201. The molecule has 0 radical (unpaired) electrons. The molecule has 1 nitrogen and oxygen atoms in total. The number of allylic oxidation sites excluding steroid dienone is 2. The highest BCUT2D eigenvalue weighted by molar-refractivity contribution is 5.35. The molecule has 68 valence electrons. The molecule has 0 aromatic heterocycles. The van der Waals surface area contributed by atoms with E-state index >= 15 is 0 Å². The lowest BCUT2D eigenvalue weighted by molar-refractivity contribution is 0.671. The summed E-state index contributed by atoms with van der Waals surface area (Å²) in [5.74, 6) is 0. The topological polar surface area (TPSA) is 26.0 Å². The highest BCUT2D eigenvalue weighted by Gasteiger charge is 2.11. The van der Waals surface area contributed by atoms with Gasteiger partial charge in [-0.2, -0.15) is 0 Å². The second-order valence-electron chi connectivity index (χ2n) is 3.52. The standard InChI is InChI=1S/C11H19N/c1-3-6-11(12)10-8-5-4-7-9(10)2/h7-8,11H,3-6,12H2,1-2H3/t11-/m0/s1. The Labute approximate surface area is 75.3 Å². The van der Waals surface area contributed by atoms with E-state index in [0.717, 1.165) is 6.42 Å². The molecule has 1 rings (SSSR count). The predicted molar refractivity (Wildman–Crippen MR) is 54.0 cm³/mol. The Hall–Kier alpha value is -0.560. The zero-order valence-corrected chi connectivity index (χ0v) is 8.14. The van der Waals surface area contributed by atoms with Crippen molar-refractivity contribution < 1.29 is 0 Å². The molecule has 0 unspecified atom stereocenters. The lowest BCUT2D eigenvalue weighted by atomic mass is 9.91. The highest BCUT2D eigenvalue weighted by Crippen LogP contribution is 2.22. The molecule has 0 heterocycles. The zero-order valence-electron chi connectivity index (χ0n) is 8.14. The molecule has 0 aromatic rings. The monoisotopic (exact) mass is 165 g/mol. The Morgan fingerprint density at radius 3 is 2.67 bits per heavy atom. The summed E-state index contributed by atoms with van der Waals surface area (Å²) in [6.07, 6.45) is 9.24. The van der Waals surface area contributed by atoms with Crippen molar-refractivity contribution in [1.29, 1.82) is 0 Å². The van der Waals surface area contributed by atoms with Gasteiger partial charge in [0.15, 0.2) is 0 Å². The molecule has 1 aliphatic carbocycles. The van der Waals surface area contributed by atoms with E-state index in [4.69, 9.17) is 5.73 Å². The van der Waals surface area contributed by atoms with Crippen LogP contribution in [0.4, 0.5) is 0 Å². The van der Waals surface area contributed by atoms with Crippen molar-refractivity contribution in [3.8, 4) is 0 Å². The summed E-state index contributed by atoms with van der Waals surface area (Å²) < 4.78 is 0. The summed E-state index contributed by atoms with van der Waals surface area (Å²) in [5.41, 5.74) is 8.81. The smallest absolute Gasteiger partial charge is 0.0294 e. The highest BCUT2D eigenvalue weighted by atomic mass is 14.6. The first-order valence-electron chi connectivity index (χ1n) is 4.88. The molecule has 2 N–H and O–H groups in total. The van der Waals surface area contributed by atoms with Gasteiger partial charge in [-0.15, -0.1) is 0 Å². The van der Waals surface area contributed by atoms with Crippen LogP contribution in [0, 0.1) is 0 Å². The van der Waals surface area contributed by atoms with Crippen molar-refractivity contribution in [2.75, 3.05) is 0 Å². The van der Waals surface area contributed by atoms with Crippen molar-refractivity contribution >= 4 is 0 Å². The molecule has 12 heavy (non-hydrogen) atoms. The van der Waals surface area contributed by atoms with Gasteiger partial charge >= 0.3 is 0 Å².